The van der Waals surface area contributed by atoms with Gasteiger partial charge in [0.15, 0.2) is 11.6 Å². The molecule has 20 heavy (non-hydrogen) atoms. The van der Waals surface area contributed by atoms with E-state index in [2.05, 4.69) is 10.3 Å². The van der Waals surface area contributed by atoms with Crippen molar-refractivity contribution in [3.05, 3.63) is 23.6 Å². The van der Waals surface area contributed by atoms with Crippen molar-refractivity contribution in [2.24, 2.45) is 0 Å². The fraction of sp³-hybridized carbons (Fsp3) is 0.571. The fourth-order valence-electron chi connectivity index (χ4n) is 2.34. The molecule has 1 aromatic rings. The zero-order valence-corrected chi connectivity index (χ0v) is 11.9. The van der Waals surface area contributed by atoms with Crippen LogP contribution in [0.2, 0.25) is 0 Å². The van der Waals surface area contributed by atoms with Gasteiger partial charge in [0.25, 0.3) is 5.91 Å². The Hall–Kier alpha value is -1.69. The highest BCUT2D eigenvalue weighted by Gasteiger charge is 2.25. The van der Waals surface area contributed by atoms with Crippen molar-refractivity contribution >= 4 is 11.7 Å². The van der Waals surface area contributed by atoms with Gasteiger partial charge in [0, 0.05) is 32.9 Å². The van der Waals surface area contributed by atoms with Crippen molar-refractivity contribution in [1.29, 1.82) is 0 Å². The summed E-state index contributed by atoms with van der Waals surface area (Å²) >= 11 is 0. The van der Waals surface area contributed by atoms with Crippen LogP contribution < -0.4 is 5.32 Å². The minimum Gasteiger partial charge on any atom is -0.376 e. The molecule has 1 unspecified atom stereocenters. The van der Waals surface area contributed by atoms with Gasteiger partial charge in [0.2, 0.25) is 0 Å². The summed E-state index contributed by atoms with van der Waals surface area (Å²) in [4.78, 5) is 17.9. The number of amides is 1. The molecule has 1 fully saturated rings. The van der Waals surface area contributed by atoms with Crippen LogP contribution in [0.1, 0.15) is 30.1 Å². The van der Waals surface area contributed by atoms with Crippen LogP contribution in [-0.2, 0) is 4.74 Å². The lowest BCUT2D eigenvalue weighted by molar-refractivity contribution is 0.0535. The molecule has 0 radical (unpaired) electrons. The van der Waals surface area contributed by atoms with E-state index in [0.717, 1.165) is 19.4 Å². The number of nitrogens with one attached hydrogen (secondary N) is 1. The zero-order valence-electron chi connectivity index (χ0n) is 11.9. The quantitative estimate of drug-likeness (QED) is 0.895. The minimum atomic E-state index is -0.606. The molecule has 6 heteroatoms. The molecule has 2 heterocycles. The van der Waals surface area contributed by atoms with Gasteiger partial charge in [-0.25, -0.2) is 9.37 Å². The van der Waals surface area contributed by atoms with Crippen LogP contribution in [0.25, 0.3) is 0 Å². The maximum Gasteiger partial charge on any atom is 0.257 e. The van der Waals surface area contributed by atoms with Gasteiger partial charge in [-0.3, -0.25) is 4.79 Å². The molecule has 1 amide bonds. The minimum absolute atomic E-state index is 0.0456. The molecule has 1 atom stereocenters. The lowest BCUT2D eigenvalue weighted by atomic mass is 10.2. The van der Waals surface area contributed by atoms with Crippen LogP contribution >= 0.6 is 0 Å². The third-order valence-corrected chi connectivity index (χ3v) is 3.47. The smallest absolute Gasteiger partial charge is 0.257 e. The van der Waals surface area contributed by atoms with Crippen molar-refractivity contribution in [1.82, 2.24) is 9.88 Å². The van der Waals surface area contributed by atoms with Gasteiger partial charge < -0.3 is 15.0 Å². The molecular weight excluding hydrogens is 261 g/mol. The number of hydrogen-bond acceptors (Lipinski definition) is 4. The number of ether oxygens (including phenoxy) is 1. The van der Waals surface area contributed by atoms with Crippen LogP contribution in [0.5, 0.6) is 0 Å². The number of likely N-dealkylation sites (N-methyl/N-ethyl adjacent to an activating group) is 1. The molecule has 1 N–H and O–H groups in total. The van der Waals surface area contributed by atoms with Crippen LogP contribution in [0.15, 0.2) is 12.3 Å². The maximum atomic E-state index is 14.1. The molecule has 1 saturated heterocycles. The monoisotopic (exact) mass is 281 g/mol. The van der Waals surface area contributed by atoms with Gasteiger partial charge in [-0.2, -0.15) is 0 Å². The summed E-state index contributed by atoms with van der Waals surface area (Å²) in [6.07, 6.45) is 3.46. The van der Waals surface area contributed by atoms with Gasteiger partial charge in [0.1, 0.15) is 0 Å². The average molecular weight is 281 g/mol. The number of pyridine rings is 1. The number of rotatable bonds is 5. The summed E-state index contributed by atoms with van der Waals surface area (Å²) in [5.41, 5.74) is 0.0456. The molecule has 2 rings (SSSR count). The van der Waals surface area contributed by atoms with Crippen molar-refractivity contribution in [2.75, 3.05) is 32.1 Å². The lowest BCUT2D eigenvalue weighted by Crippen LogP contribution is -2.37. The Balaban J connectivity index is 2.15. The number of nitrogens with zero attached hydrogens (tertiary/aromatic N) is 2. The number of halogens is 1. The number of anilines is 1. The Morgan fingerprint density at radius 2 is 2.45 bits per heavy atom. The summed E-state index contributed by atoms with van der Waals surface area (Å²) in [5.74, 6) is -0.839. The molecule has 0 aromatic carbocycles. The van der Waals surface area contributed by atoms with Crippen LogP contribution in [0, 0.1) is 5.82 Å². The zero-order chi connectivity index (χ0) is 14.5. The van der Waals surface area contributed by atoms with Gasteiger partial charge in [-0.1, -0.05) is 0 Å². The average Bonchev–Trinajstić information content (AvgIpc) is 2.97. The summed E-state index contributed by atoms with van der Waals surface area (Å²) in [5, 5.41) is 2.64. The molecule has 0 bridgehead atoms. The Kier molecular flexibility index (Phi) is 4.89. The second-order valence-electron chi connectivity index (χ2n) is 4.75. The second-order valence-corrected chi connectivity index (χ2v) is 4.75. The SMILES string of the molecule is CCN(CC1CCCO1)C(=O)c1ccnc(NC)c1F. The first-order chi connectivity index (χ1) is 9.67. The molecule has 110 valence electrons. The summed E-state index contributed by atoms with van der Waals surface area (Å²) in [6.45, 7) is 3.65. The third-order valence-electron chi connectivity index (χ3n) is 3.47. The van der Waals surface area contributed by atoms with Crippen molar-refractivity contribution in [3.63, 3.8) is 0 Å². The molecule has 0 saturated carbocycles. The summed E-state index contributed by atoms with van der Waals surface area (Å²) in [7, 11) is 1.57. The van der Waals surface area contributed by atoms with E-state index in [1.165, 1.54) is 12.3 Å². The van der Waals surface area contributed by atoms with Crippen molar-refractivity contribution < 1.29 is 13.9 Å². The van der Waals surface area contributed by atoms with Crippen molar-refractivity contribution in [3.8, 4) is 0 Å². The van der Waals surface area contributed by atoms with E-state index in [9.17, 15) is 9.18 Å². The lowest BCUT2D eigenvalue weighted by Gasteiger charge is -2.24. The van der Waals surface area contributed by atoms with Gasteiger partial charge in [-0.05, 0) is 25.8 Å². The molecular formula is C14H20FN3O2. The van der Waals surface area contributed by atoms with Crippen molar-refractivity contribution in [2.45, 2.75) is 25.9 Å². The normalized spacial score (nSPS) is 18.1. The van der Waals surface area contributed by atoms with E-state index in [1.807, 2.05) is 6.92 Å². The number of aromatic nitrogens is 1. The molecule has 5 nitrogen and oxygen atoms in total. The van der Waals surface area contributed by atoms with Crippen LogP contribution in [-0.4, -0.2) is 48.6 Å². The number of carbonyl (C=O) groups is 1. The number of carbonyl (C=O) groups excluding carboxylic acids is 1. The Morgan fingerprint density at radius 3 is 3.05 bits per heavy atom. The van der Waals surface area contributed by atoms with E-state index in [-0.39, 0.29) is 23.4 Å². The standard InChI is InChI=1S/C14H20FN3O2/c1-3-18(9-10-5-4-8-20-10)14(19)11-6-7-17-13(16-2)12(11)15/h6-7,10H,3-5,8-9H2,1-2H3,(H,16,17). The van der Waals surface area contributed by atoms with Crippen LogP contribution in [0.4, 0.5) is 10.2 Å². The van der Waals surface area contributed by atoms with E-state index in [4.69, 9.17) is 4.74 Å². The molecule has 1 aromatic heterocycles. The molecule has 0 aliphatic carbocycles. The highest BCUT2D eigenvalue weighted by Crippen LogP contribution is 2.18. The summed E-state index contributed by atoms with van der Waals surface area (Å²) in [6, 6.07) is 1.41. The van der Waals surface area contributed by atoms with E-state index in [1.54, 1.807) is 11.9 Å². The highest BCUT2D eigenvalue weighted by molar-refractivity contribution is 5.95. The number of hydrogen-bond donors (Lipinski definition) is 1. The largest absolute Gasteiger partial charge is 0.376 e. The van der Waals surface area contributed by atoms with Crippen LogP contribution in [0.3, 0.4) is 0 Å². The van der Waals surface area contributed by atoms with E-state index in [0.29, 0.717) is 13.1 Å². The van der Waals surface area contributed by atoms with Gasteiger partial charge >= 0.3 is 0 Å². The molecule has 1 aliphatic rings. The first-order valence-electron chi connectivity index (χ1n) is 6.90. The predicted molar refractivity (Wildman–Crippen MR) is 74.3 cm³/mol. The first-order valence-corrected chi connectivity index (χ1v) is 6.90. The highest BCUT2D eigenvalue weighted by atomic mass is 19.1. The van der Waals surface area contributed by atoms with Gasteiger partial charge in [-0.15, -0.1) is 0 Å². The molecule has 1 aliphatic heterocycles. The summed E-state index contributed by atoms with van der Waals surface area (Å²) < 4.78 is 19.7. The Bertz CT molecular complexity index is 475. The second kappa shape index (κ2) is 6.65. The maximum absolute atomic E-state index is 14.1. The van der Waals surface area contributed by atoms with Gasteiger partial charge in [0.05, 0.1) is 11.7 Å². The predicted octanol–water partition coefficient (Wildman–Crippen LogP) is 1.90. The Labute approximate surface area is 118 Å². The molecule has 0 spiro atoms. The fourth-order valence-corrected chi connectivity index (χ4v) is 2.34. The van der Waals surface area contributed by atoms with E-state index >= 15 is 0 Å². The topological polar surface area (TPSA) is 54.5 Å². The first kappa shape index (κ1) is 14.7. The van der Waals surface area contributed by atoms with E-state index < -0.39 is 5.82 Å². The third kappa shape index (κ3) is 3.07. The Morgan fingerprint density at radius 1 is 1.65 bits per heavy atom.